The van der Waals surface area contributed by atoms with Gasteiger partial charge in [-0.3, -0.25) is 0 Å². The maximum absolute atomic E-state index is 11.3. The lowest BCUT2D eigenvalue weighted by Gasteiger charge is -2.23. The second kappa shape index (κ2) is 4.47. The van der Waals surface area contributed by atoms with Crippen molar-refractivity contribution in [1.82, 2.24) is 9.55 Å². The van der Waals surface area contributed by atoms with Gasteiger partial charge in [-0.1, -0.05) is 0 Å². The van der Waals surface area contributed by atoms with Crippen LogP contribution in [0, 0.1) is 6.92 Å². The second-order valence-corrected chi connectivity index (χ2v) is 6.06. The van der Waals surface area contributed by atoms with Crippen LogP contribution in [0.4, 0.5) is 0 Å². The van der Waals surface area contributed by atoms with E-state index in [1.165, 1.54) is 4.88 Å². The molecule has 0 saturated heterocycles. The first-order chi connectivity index (χ1) is 9.08. The van der Waals surface area contributed by atoms with E-state index in [0.29, 0.717) is 5.82 Å². The molecule has 3 rings (SSSR count). The number of hydrogen-bond donors (Lipinski definition) is 2. The number of fused-ring (bicyclic) bond motifs is 1. The van der Waals surface area contributed by atoms with Gasteiger partial charge >= 0.3 is 5.97 Å². The predicted octanol–water partition coefficient (Wildman–Crippen LogP) is 2.41. The summed E-state index contributed by atoms with van der Waals surface area (Å²) in [7, 11) is 0. The van der Waals surface area contributed by atoms with Crippen molar-refractivity contribution in [2.45, 2.75) is 32.4 Å². The minimum atomic E-state index is -0.975. The average Bonchev–Trinajstić information content (AvgIpc) is 2.93. The lowest BCUT2D eigenvalue weighted by atomic mass is 10.1. The lowest BCUT2D eigenvalue weighted by Crippen LogP contribution is -2.26. The summed E-state index contributed by atoms with van der Waals surface area (Å²) in [6, 6.07) is 3.99. The number of rotatable bonds is 2. The highest BCUT2D eigenvalue weighted by molar-refractivity contribution is 7.15. The second-order valence-electron chi connectivity index (χ2n) is 4.78. The number of aryl methyl sites for hydroxylation is 1. The Bertz CT molecular complexity index is 644. The molecular formula is C13H15N3O2S. The first-order valence-electron chi connectivity index (χ1n) is 6.24. The monoisotopic (exact) mass is 277 g/mol. The van der Waals surface area contributed by atoms with Crippen molar-refractivity contribution >= 4 is 17.3 Å². The Kier molecular flexibility index (Phi) is 2.91. The fourth-order valence-corrected chi connectivity index (χ4v) is 3.42. The van der Waals surface area contributed by atoms with E-state index in [4.69, 9.17) is 5.73 Å². The third kappa shape index (κ3) is 1.97. The van der Waals surface area contributed by atoms with Crippen LogP contribution in [0.25, 0.3) is 10.7 Å². The van der Waals surface area contributed by atoms with Crippen molar-refractivity contribution in [2.75, 3.05) is 0 Å². The quantitative estimate of drug-likeness (QED) is 0.883. The largest absolute Gasteiger partial charge is 0.476 e. The molecule has 3 N–H and O–H groups in total. The fraction of sp³-hybridized carbons (Fsp3) is 0.385. The fourth-order valence-electron chi connectivity index (χ4n) is 2.57. The molecule has 0 aromatic carbocycles. The van der Waals surface area contributed by atoms with E-state index >= 15 is 0 Å². The van der Waals surface area contributed by atoms with Gasteiger partial charge in [-0.15, -0.1) is 11.3 Å². The zero-order valence-electron chi connectivity index (χ0n) is 10.6. The van der Waals surface area contributed by atoms with Gasteiger partial charge in [-0.05, 0) is 38.3 Å². The standard InChI is InChI=1S/C13H15N3O2S/c1-7-5-6-9(19-7)12-15-11(13(17)18)8-3-2-4-10(14)16(8)12/h5-6,10H,2-4,14H2,1H3,(H,17,18). The summed E-state index contributed by atoms with van der Waals surface area (Å²) < 4.78 is 1.90. The number of carbonyl (C=O) groups is 1. The highest BCUT2D eigenvalue weighted by atomic mass is 32.1. The van der Waals surface area contributed by atoms with Crippen LogP contribution in [-0.2, 0) is 6.42 Å². The van der Waals surface area contributed by atoms with Crippen LogP contribution in [0.15, 0.2) is 12.1 Å². The Hall–Kier alpha value is -1.66. The van der Waals surface area contributed by atoms with Crippen molar-refractivity contribution in [3.8, 4) is 10.7 Å². The number of aromatic carboxylic acids is 1. The van der Waals surface area contributed by atoms with Gasteiger partial charge in [0, 0.05) is 4.88 Å². The molecule has 1 unspecified atom stereocenters. The maximum Gasteiger partial charge on any atom is 0.356 e. The molecule has 0 fully saturated rings. The molecule has 3 heterocycles. The van der Waals surface area contributed by atoms with Gasteiger partial charge in [0.25, 0.3) is 0 Å². The zero-order valence-corrected chi connectivity index (χ0v) is 11.4. The van der Waals surface area contributed by atoms with E-state index in [1.807, 2.05) is 23.6 Å². The van der Waals surface area contributed by atoms with E-state index in [2.05, 4.69) is 4.98 Å². The molecule has 0 aliphatic carbocycles. The predicted molar refractivity (Wildman–Crippen MR) is 73.4 cm³/mol. The molecule has 0 spiro atoms. The highest BCUT2D eigenvalue weighted by Gasteiger charge is 2.28. The topological polar surface area (TPSA) is 81.1 Å². The number of nitrogens with zero attached hydrogens (tertiary/aromatic N) is 2. The summed E-state index contributed by atoms with van der Waals surface area (Å²) in [5.41, 5.74) is 7.05. The van der Waals surface area contributed by atoms with E-state index in [1.54, 1.807) is 11.3 Å². The van der Waals surface area contributed by atoms with Crippen LogP contribution in [0.1, 0.15) is 40.1 Å². The van der Waals surface area contributed by atoms with Crippen LogP contribution in [0.3, 0.4) is 0 Å². The van der Waals surface area contributed by atoms with Gasteiger partial charge in [0.15, 0.2) is 11.5 Å². The molecule has 2 aromatic heterocycles. The van der Waals surface area contributed by atoms with Gasteiger partial charge in [0.1, 0.15) is 0 Å². The summed E-state index contributed by atoms with van der Waals surface area (Å²) in [6.45, 7) is 2.02. The molecule has 0 saturated carbocycles. The Morgan fingerprint density at radius 1 is 1.58 bits per heavy atom. The summed E-state index contributed by atoms with van der Waals surface area (Å²) in [6.07, 6.45) is 2.32. The Balaban J connectivity index is 2.22. The van der Waals surface area contributed by atoms with Crippen molar-refractivity contribution in [2.24, 2.45) is 5.73 Å². The Labute approximate surface area is 114 Å². The number of nitrogens with two attached hydrogens (primary N) is 1. The first-order valence-corrected chi connectivity index (χ1v) is 7.06. The number of thiophene rings is 1. The van der Waals surface area contributed by atoms with Gasteiger partial charge in [-0.2, -0.15) is 0 Å². The van der Waals surface area contributed by atoms with Crippen LogP contribution >= 0.6 is 11.3 Å². The number of aromatic nitrogens is 2. The summed E-state index contributed by atoms with van der Waals surface area (Å²) in [5, 5.41) is 9.28. The van der Waals surface area contributed by atoms with E-state index < -0.39 is 5.97 Å². The van der Waals surface area contributed by atoms with Crippen molar-refractivity contribution in [3.05, 3.63) is 28.4 Å². The van der Waals surface area contributed by atoms with Gasteiger partial charge < -0.3 is 15.4 Å². The molecule has 0 radical (unpaired) electrons. The van der Waals surface area contributed by atoms with E-state index in [-0.39, 0.29) is 11.9 Å². The van der Waals surface area contributed by atoms with Gasteiger partial charge in [-0.25, -0.2) is 9.78 Å². The van der Waals surface area contributed by atoms with E-state index in [0.717, 1.165) is 29.8 Å². The lowest BCUT2D eigenvalue weighted by molar-refractivity contribution is 0.0689. The molecule has 1 atom stereocenters. The number of hydrogen-bond acceptors (Lipinski definition) is 4. The maximum atomic E-state index is 11.3. The molecule has 0 bridgehead atoms. The Morgan fingerprint density at radius 2 is 2.37 bits per heavy atom. The molecule has 5 nitrogen and oxygen atoms in total. The van der Waals surface area contributed by atoms with Gasteiger partial charge in [0.05, 0.1) is 16.7 Å². The van der Waals surface area contributed by atoms with Crippen LogP contribution in [-0.4, -0.2) is 20.6 Å². The SMILES string of the molecule is Cc1ccc(-c2nc(C(=O)O)c3n2C(N)CCC3)s1. The van der Waals surface area contributed by atoms with Crippen LogP contribution in [0.5, 0.6) is 0 Å². The average molecular weight is 277 g/mol. The Morgan fingerprint density at radius 3 is 3.00 bits per heavy atom. The summed E-state index contributed by atoms with van der Waals surface area (Å²) in [5.74, 6) is -0.282. The number of imidazole rings is 1. The van der Waals surface area contributed by atoms with Crippen molar-refractivity contribution in [3.63, 3.8) is 0 Å². The number of carboxylic acid groups (broad SMARTS) is 1. The normalized spacial score (nSPS) is 18.3. The third-order valence-electron chi connectivity index (χ3n) is 3.42. The van der Waals surface area contributed by atoms with Crippen molar-refractivity contribution in [1.29, 1.82) is 0 Å². The number of carboxylic acids is 1. The van der Waals surface area contributed by atoms with Gasteiger partial charge in [0.2, 0.25) is 0 Å². The molecule has 2 aromatic rings. The minimum absolute atomic E-state index is 0.149. The van der Waals surface area contributed by atoms with Crippen molar-refractivity contribution < 1.29 is 9.90 Å². The van der Waals surface area contributed by atoms with Crippen LogP contribution < -0.4 is 5.73 Å². The molecule has 1 aliphatic rings. The summed E-state index contributed by atoms with van der Waals surface area (Å²) in [4.78, 5) is 17.8. The highest BCUT2D eigenvalue weighted by Crippen LogP contribution is 2.34. The minimum Gasteiger partial charge on any atom is -0.476 e. The first kappa shape index (κ1) is 12.4. The smallest absolute Gasteiger partial charge is 0.356 e. The molecule has 6 heteroatoms. The molecule has 100 valence electrons. The zero-order chi connectivity index (χ0) is 13.6. The van der Waals surface area contributed by atoms with Crippen LogP contribution in [0.2, 0.25) is 0 Å². The summed E-state index contributed by atoms with van der Waals surface area (Å²) >= 11 is 1.61. The molecule has 19 heavy (non-hydrogen) atoms. The van der Waals surface area contributed by atoms with E-state index in [9.17, 15) is 9.90 Å². The molecular weight excluding hydrogens is 262 g/mol. The third-order valence-corrected chi connectivity index (χ3v) is 4.42. The molecule has 0 amide bonds. The molecule has 1 aliphatic heterocycles.